The Kier molecular flexibility index (Phi) is 2.52. The second-order valence-electron chi connectivity index (χ2n) is 4.11. The number of benzene rings is 2. The standard InChI is InChI=1S/C15H11BrO/c1-10-4-2-6-12-9-14(17-15(10)12)11-5-3-7-13(16)8-11/h2-9H,1H3. The molecule has 0 aliphatic carbocycles. The molecule has 0 atom stereocenters. The molecule has 0 saturated heterocycles. The van der Waals surface area contributed by atoms with Crippen LogP contribution < -0.4 is 0 Å². The minimum absolute atomic E-state index is 0.913. The highest BCUT2D eigenvalue weighted by molar-refractivity contribution is 9.10. The Hall–Kier alpha value is -1.54. The van der Waals surface area contributed by atoms with Crippen LogP contribution in [0.3, 0.4) is 0 Å². The summed E-state index contributed by atoms with van der Waals surface area (Å²) in [4.78, 5) is 0. The number of halogens is 1. The summed E-state index contributed by atoms with van der Waals surface area (Å²) in [6.07, 6.45) is 0. The summed E-state index contributed by atoms with van der Waals surface area (Å²) in [5.41, 5.74) is 3.24. The van der Waals surface area contributed by atoms with Crippen LogP contribution in [0.2, 0.25) is 0 Å². The molecule has 1 nitrogen and oxygen atoms in total. The maximum Gasteiger partial charge on any atom is 0.137 e. The second-order valence-corrected chi connectivity index (χ2v) is 5.03. The summed E-state index contributed by atoms with van der Waals surface area (Å²) in [6, 6.07) is 16.4. The first-order chi connectivity index (χ1) is 8.24. The van der Waals surface area contributed by atoms with Crippen LogP contribution in [0.4, 0.5) is 0 Å². The predicted octanol–water partition coefficient (Wildman–Crippen LogP) is 5.17. The zero-order valence-electron chi connectivity index (χ0n) is 9.41. The van der Waals surface area contributed by atoms with Crippen LogP contribution in [0.25, 0.3) is 22.3 Å². The van der Waals surface area contributed by atoms with Crippen molar-refractivity contribution in [2.24, 2.45) is 0 Å². The van der Waals surface area contributed by atoms with Gasteiger partial charge >= 0.3 is 0 Å². The molecule has 0 bridgehead atoms. The van der Waals surface area contributed by atoms with E-state index in [0.29, 0.717) is 0 Å². The Bertz CT molecular complexity index is 682. The molecular weight excluding hydrogens is 276 g/mol. The Morgan fingerprint density at radius 3 is 2.59 bits per heavy atom. The number of hydrogen-bond acceptors (Lipinski definition) is 1. The van der Waals surface area contributed by atoms with Crippen LogP contribution in [0.5, 0.6) is 0 Å². The lowest BCUT2D eigenvalue weighted by Gasteiger charge is -1.97. The summed E-state index contributed by atoms with van der Waals surface area (Å²) in [7, 11) is 0. The third-order valence-electron chi connectivity index (χ3n) is 2.85. The molecule has 2 aromatic carbocycles. The van der Waals surface area contributed by atoms with E-state index in [9.17, 15) is 0 Å². The minimum Gasteiger partial charge on any atom is -0.456 e. The quantitative estimate of drug-likeness (QED) is 0.601. The van der Waals surface area contributed by atoms with Crippen LogP contribution in [0.1, 0.15) is 5.56 Å². The van der Waals surface area contributed by atoms with Crippen LogP contribution in [0, 0.1) is 6.92 Å². The Morgan fingerprint density at radius 1 is 1.00 bits per heavy atom. The molecule has 2 heteroatoms. The van der Waals surface area contributed by atoms with Gasteiger partial charge in [0.2, 0.25) is 0 Å². The Labute approximate surface area is 108 Å². The van der Waals surface area contributed by atoms with Crippen molar-refractivity contribution in [3.63, 3.8) is 0 Å². The van der Waals surface area contributed by atoms with Gasteiger partial charge in [-0.1, -0.05) is 46.3 Å². The molecule has 0 fully saturated rings. The molecule has 0 aliphatic rings. The number of rotatable bonds is 1. The maximum absolute atomic E-state index is 5.92. The molecule has 17 heavy (non-hydrogen) atoms. The van der Waals surface area contributed by atoms with Crippen LogP contribution in [-0.2, 0) is 0 Å². The van der Waals surface area contributed by atoms with Crippen molar-refractivity contribution in [2.45, 2.75) is 6.92 Å². The van der Waals surface area contributed by atoms with E-state index in [1.807, 2.05) is 12.1 Å². The molecule has 3 rings (SSSR count). The number of fused-ring (bicyclic) bond motifs is 1. The SMILES string of the molecule is Cc1cccc2cc(-c3cccc(Br)c3)oc12. The van der Waals surface area contributed by atoms with Crippen LogP contribution >= 0.6 is 15.9 Å². The summed E-state index contributed by atoms with van der Waals surface area (Å²) in [6.45, 7) is 2.07. The van der Waals surface area contributed by atoms with Gasteiger partial charge in [-0.2, -0.15) is 0 Å². The molecule has 84 valence electrons. The fraction of sp³-hybridized carbons (Fsp3) is 0.0667. The Balaban J connectivity index is 2.22. The topological polar surface area (TPSA) is 13.1 Å². The molecule has 1 heterocycles. The molecule has 0 saturated carbocycles. The first-order valence-corrected chi connectivity index (χ1v) is 6.28. The highest BCUT2D eigenvalue weighted by Crippen LogP contribution is 2.30. The predicted molar refractivity (Wildman–Crippen MR) is 74.1 cm³/mol. The van der Waals surface area contributed by atoms with Gasteiger partial charge in [-0.05, 0) is 30.7 Å². The average Bonchev–Trinajstić information content (AvgIpc) is 2.74. The largest absolute Gasteiger partial charge is 0.456 e. The fourth-order valence-corrected chi connectivity index (χ4v) is 2.39. The second kappa shape index (κ2) is 4.04. The highest BCUT2D eigenvalue weighted by Gasteiger charge is 2.07. The highest BCUT2D eigenvalue weighted by atomic mass is 79.9. The van der Waals surface area contributed by atoms with E-state index >= 15 is 0 Å². The van der Waals surface area contributed by atoms with E-state index in [0.717, 1.165) is 26.8 Å². The molecule has 0 aliphatic heterocycles. The molecular formula is C15H11BrO. The van der Waals surface area contributed by atoms with Crippen molar-refractivity contribution in [2.75, 3.05) is 0 Å². The van der Waals surface area contributed by atoms with Crippen molar-refractivity contribution < 1.29 is 4.42 Å². The number of hydrogen-bond donors (Lipinski definition) is 0. The molecule has 0 radical (unpaired) electrons. The molecule has 1 aromatic heterocycles. The number of furan rings is 1. The van der Waals surface area contributed by atoms with Crippen LogP contribution in [-0.4, -0.2) is 0 Å². The van der Waals surface area contributed by atoms with Crippen LogP contribution in [0.15, 0.2) is 57.4 Å². The molecule has 0 spiro atoms. The lowest BCUT2D eigenvalue weighted by atomic mass is 10.1. The normalized spacial score (nSPS) is 10.9. The Morgan fingerprint density at radius 2 is 1.82 bits per heavy atom. The molecule has 3 aromatic rings. The minimum atomic E-state index is 0.913. The van der Waals surface area contributed by atoms with E-state index in [4.69, 9.17) is 4.42 Å². The third kappa shape index (κ3) is 1.89. The first kappa shape index (κ1) is 10.6. The first-order valence-electron chi connectivity index (χ1n) is 5.49. The summed E-state index contributed by atoms with van der Waals surface area (Å²) in [5, 5.41) is 1.15. The van der Waals surface area contributed by atoms with Crippen molar-refractivity contribution in [3.8, 4) is 11.3 Å². The summed E-state index contributed by atoms with van der Waals surface area (Å²) < 4.78 is 6.98. The van der Waals surface area contributed by atoms with E-state index < -0.39 is 0 Å². The van der Waals surface area contributed by atoms with Gasteiger partial charge in [-0.25, -0.2) is 0 Å². The summed E-state index contributed by atoms with van der Waals surface area (Å²) in [5.74, 6) is 0.913. The van der Waals surface area contributed by atoms with E-state index in [-0.39, 0.29) is 0 Å². The molecule has 0 amide bonds. The van der Waals surface area contributed by atoms with Crippen molar-refractivity contribution in [3.05, 3.63) is 58.6 Å². The maximum atomic E-state index is 5.92. The smallest absolute Gasteiger partial charge is 0.137 e. The third-order valence-corrected chi connectivity index (χ3v) is 3.34. The fourth-order valence-electron chi connectivity index (χ4n) is 1.99. The van der Waals surface area contributed by atoms with Gasteiger partial charge in [-0.3, -0.25) is 0 Å². The van der Waals surface area contributed by atoms with Gasteiger partial charge in [0.25, 0.3) is 0 Å². The van der Waals surface area contributed by atoms with E-state index in [1.54, 1.807) is 0 Å². The average molecular weight is 287 g/mol. The lowest BCUT2D eigenvalue weighted by Crippen LogP contribution is -1.72. The number of para-hydroxylation sites is 1. The van der Waals surface area contributed by atoms with Gasteiger partial charge in [0.1, 0.15) is 11.3 Å². The van der Waals surface area contributed by atoms with Crippen molar-refractivity contribution >= 4 is 26.9 Å². The van der Waals surface area contributed by atoms with E-state index in [2.05, 4.69) is 59.3 Å². The van der Waals surface area contributed by atoms with Crippen molar-refractivity contribution in [1.29, 1.82) is 0 Å². The van der Waals surface area contributed by atoms with Crippen molar-refractivity contribution in [1.82, 2.24) is 0 Å². The van der Waals surface area contributed by atoms with Gasteiger partial charge in [-0.15, -0.1) is 0 Å². The number of aryl methyl sites for hydroxylation is 1. The van der Waals surface area contributed by atoms with Gasteiger partial charge in [0, 0.05) is 15.4 Å². The lowest BCUT2D eigenvalue weighted by molar-refractivity contribution is 0.629. The van der Waals surface area contributed by atoms with Gasteiger partial charge < -0.3 is 4.42 Å². The van der Waals surface area contributed by atoms with E-state index in [1.165, 1.54) is 5.56 Å². The monoisotopic (exact) mass is 286 g/mol. The van der Waals surface area contributed by atoms with Gasteiger partial charge in [0.05, 0.1) is 0 Å². The summed E-state index contributed by atoms with van der Waals surface area (Å²) >= 11 is 3.48. The zero-order chi connectivity index (χ0) is 11.8. The zero-order valence-corrected chi connectivity index (χ0v) is 11.0. The van der Waals surface area contributed by atoms with Gasteiger partial charge in [0.15, 0.2) is 0 Å². The molecule has 0 N–H and O–H groups in total. The molecule has 0 unspecified atom stereocenters.